The van der Waals surface area contributed by atoms with Gasteiger partial charge in [0.05, 0.1) is 12.7 Å². The van der Waals surface area contributed by atoms with Crippen LogP contribution in [0.3, 0.4) is 0 Å². The summed E-state index contributed by atoms with van der Waals surface area (Å²) in [5, 5.41) is 8.54. The molecule has 1 N–H and O–H groups in total. The van der Waals surface area contributed by atoms with Gasteiger partial charge in [-0.25, -0.2) is 9.59 Å². The standard InChI is InChI=1S/C15H24O4/c1-12(2)8-6-4-5-7-9-13(15(18)19-3)10-11-14(16)17/h9-12H,4-8H2,1-3H3,(H,16,17). The van der Waals surface area contributed by atoms with Crippen LogP contribution >= 0.6 is 0 Å². The Morgan fingerprint density at radius 2 is 1.84 bits per heavy atom. The largest absolute Gasteiger partial charge is 0.478 e. The smallest absolute Gasteiger partial charge is 0.337 e. The Balaban J connectivity index is 4.18. The quantitative estimate of drug-likeness (QED) is 0.301. The molecule has 0 saturated heterocycles. The third-order valence-corrected chi connectivity index (χ3v) is 2.68. The number of methoxy groups -OCH3 is 1. The lowest BCUT2D eigenvalue weighted by atomic mass is 10.0. The van der Waals surface area contributed by atoms with Crippen LogP contribution < -0.4 is 0 Å². The second-order valence-electron chi connectivity index (χ2n) is 4.85. The molecule has 0 aliphatic rings. The summed E-state index contributed by atoms with van der Waals surface area (Å²) in [6.45, 7) is 4.40. The molecule has 0 atom stereocenters. The minimum absolute atomic E-state index is 0.300. The first-order valence-electron chi connectivity index (χ1n) is 6.66. The summed E-state index contributed by atoms with van der Waals surface area (Å²) in [6.07, 6.45) is 9.23. The fraction of sp³-hybridized carbons (Fsp3) is 0.600. The molecule has 0 spiro atoms. The third-order valence-electron chi connectivity index (χ3n) is 2.68. The molecule has 0 aliphatic heterocycles. The number of hydrogen-bond donors (Lipinski definition) is 1. The van der Waals surface area contributed by atoms with E-state index in [-0.39, 0.29) is 0 Å². The zero-order valence-electron chi connectivity index (χ0n) is 12.0. The van der Waals surface area contributed by atoms with Crippen LogP contribution in [0.5, 0.6) is 0 Å². The highest BCUT2D eigenvalue weighted by atomic mass is 16.5. The molecule has 0 aromatic carbocycles. The SMILES string of the molecule is COC(=O)C(C=CC(=O)O)=CCCCCCC(C)C. The molecular weight excluding hydrogens is 244 g/mol. The molecule has 0 saturated carbocycles. The van der Waals surface area contributed by atoms with Gasteiger partial charge < -0.3 is 9.84 Å². The van der Waals surface area contributed by atoms with Crippen LogP contribution in [0.1, 0.15) is 46.0 Å². The van der Waals surface area contributed by atoms with Gasteiger partial charge in [0.15, 0.2) is 0 Å². The number of esters is 1. The van der Waals surface area contributed by atoms with E-state index in [1.807, 2.05) is 0 Å². The number of rotatable bonds is 9. The van der Waals surface area contributed by atoms with Gasteiger partial charge >= 0.3 is 11.9 Å². The summed E-state index contributed by atoms with van der Waals surface area (Å²) >= 11 is 0. The number of allylic oxidation sites excluding steroid dienone is 1. The fourth-order valence-corrected chi connectivity index (χ4v) is 1.63. The lowest BCUT2D eigenvalue weighted by molar-refractivity contribution is -0.135. The highest BCUT2D eigenvalue weighted by molar-refractivity contribution is 5.93. The van der Waals surface area contributed by atoms with E-state index >= 15 is 0 Å². The third kappa shape index (κ3) is 10.1. The topological polar surface area (TPSA) is 63.6 Å². The van der Waals surface area contributed by atoms with Crippen LogP contribution in [0, 0.1) is 5.92 Å². The highest BCUT2D eigenvalue weighted by Crippen LogP contribution is 2.11. The van der Waals surface area contributed by atoms with E-state index in [0.717, 1.165) is 31.3 Å². The molecule has 0 unspecified atom stereocenters. The minimum Gasteiger partial charge on any atom is -0.478 e. The van der Waals surface area contributed by atoms with E-state index in [1.54, 1.807) is 6.08 Å². The van der Waals surface area contributed by atoms with E-state index in [4.69, 9.17) is 5.11 Å². The second kappa shape index (κ2) is 10.4. The molecule has 0 fully saturated rings. The van der Waals surface area contributed by atoms with Crippen LogP contribution in [-0.4, -0.2) is 24.2 Å². The molecule has 0 aromatic heterocycles. The van der Waals surface area contributed by atoms with Crippen molar-refractivity contribution in [3.63, 3.8) is 0 Å². The summed E-state index contributed by atoms with van der Waals surface area (Å²) < 4.78 is 4.60. The number of aliphatic carboxylic acids is 1. The predicted octanol–water partition coefficient (Wildman–Crippen LogP) is 3.33. The molecule has 0 bridgehead atoms. The summed E-state index contributed by atoms with van der Waals surface area (Å²) in [4.78, 5) is 21.8. The van der Waals surface area contributed by atoms with Gasteiger partial charge in [-0.1, -0.05) is 39.2 Å². The van der Waals surface area contributed by atoms with Gasteiger partial charge in [-0.2, -0.15) is 0 Å². The van der Waals surface area contributed by atoms with Crippen molar-refractivity contribution in [2.45, 2.75) is 46.0 Å². The molecule has 0 amide bonds. The van der Waals surface area contributed by atoms with Gasteiger partial charge in [-0.05, 0) is 24.8 Å². The van der Waals surface area contributed by atoms with Gasteiger partial charge in [0, 0.05) is 6.08 Å². The minimum atomic E-state index is -1.08. The van der Waals surface area contributed by atoms with Gasteiger partial charge in [0.25, 0.3) is 0 Å². The van der Waals surface area contributed by atoms with Gasteiger partial charge in [-0.15, -0.1) is 0 Å². The van der Waals surface area contributed by atoms with Crippen molar-refractivity contribution >= 4 is 11.9 Å². The first-order chi connectivity index (χ1) is 8.97. The molecule has 108 valence electrons. The Labute approximate surface area is 115 Å². The van der Waals surface area contributed by atoms with E-state index in [0.29, 0.717) is 5.57 Å². The Bertz CT molecular complexity index is 340. The van der Waals surface area contributed by atoms with Crippen molar-refractivity contribution in [2.24, 2.45) is 5.92 Å². The van der Waals surface area contributed by atoms with Crippen LogP contribution in [0.4, 0.5) is 0 Å². The number of carboxylic acid groups (broad SMARTS) is 1. The van der Waals surface area contributed by atoms with Crippen molar-refractivity contribution in [1.29, 1.82) is 0 Å². The Hall–Kier alpha value is -1.58. The molecule has 0 radical (unpaired) electrons. The summed E-state index contributed by atoms with van der Waals surface area (Å²) in [5.74, 6) is -0.855. The number of carboxylic acids is 1. The molecular formula is C15H24O4. The van der Waals surface area contributed by atoms with Crippen molar-refractivity contribution in [3.05, 3.63) is 23.8 Å². The number of hydrogen-bond acceptors (Lipinski definition) is 3. The summed E-state index contributed by atoms with van der Waals surface area (Å²) in [6, 6.07) is 0. The lowest BCUT2D eigenvalue weighted by Gasteiger charge is -2.03. The number of carbonyl (C=O) groups is 2. The first kappa shape index (κ1) is 17.4. The molecule has 0 aliphatic carbocycles. The molecule has 19 heavy (non-hydrogen) atoms. The molecule has 0 aromatic rings. The van der Waals surface area contributed by atoms with E-state index in [9.17, 15) is 9.59 Å². The van der Waals surface area contributed by atoms with Crippen molar-refractivity contribution in [3.8, 4) is 0 Å². The number of unbranched alkanes of at least 4 members (excludes halogenated alkanes) is 3. The average molecular weight is 268 g/mol. The van der Waals surface area contributed by atoms with Gasteiger partial charge in [-0.3, -0.25) is 0 Å². The monoisotopic (exact) mass is 268 g/mol. The van der Waals surface area contributed by atoms with E-state index < -0.39 is 11.9 Å². The average Bonchev–Trinajstić information content (AvgIpc) is 2.35. The zero-order valence-corrected chi connectivity index (χ0v) is 12.0. The normalized spacial score (nSPS) is 12.1. The zero-order chi connectivity index (χ0) is 14.7. The first-order valence-corrected chi connectivity index (χ1v) is 6.66. The predicted molar refractivity (Wildman–Crippen MR) is 74.8 cm³/mol. The number of ether oxygens (including phenoxy) is 1. The lowest BCUT2D eigenvalue weighted by Crippen LogP contribution is -2.03. The Morgan fingerprint density at radius 1 is 1.16 bits per heavy atom. The van der Waals surface area contributed by atoms with Crippen molar-refractivity contribution in [2.75, 3.05) is 7.11 Å². The van der Waals surface area contributed by atoms with Crippen LogP contribution in [0.15, 0.2) is 23.8 Å². The van der Waals surface area contributed by atoms with Crippen molar-refractivity contribution < 1.29 is 19.4 Å². The van der Waals surface area contributed by atoms with Crippen LogP contribution in [0.25, 0.3) is 0 Å². The molecule has 4 heteroatoms. The Kier molecular flexibility index (Phi) is 9.49. The second-order valence-corrected chi connectivity index (χ2v) is 4.85. The van der Waals surface area contributed by atoms with Gasteiger partial charge in [0.1, 0.15) is 0 Å². The van der Waals surface area contributed by atoms with E-state index in [1.165, 1.54) is 26.0 Å². The van der Waals surface area contributed by atoms with Crippen LogP contribution in [0.2, 0.25) is 0 Å². The maximum atomic E-state index is 11.4. The summed E-state index contributed by atoms with van der Waals surface area (Å²) in [5.41, 5.74) is 0.300. The fourth-order valence-electron chi connectivity index (χ4n) is 1.63. The van der Waals surface area contributed by atoms with Crippen LogP contribution in [-0.2, 0) is 14.3 Å². The van der Waals surface area contributed by atoms with E-state index in [2.05, 4.69) is 18.6 Å². The van der Waals surface area contributed by atoms with Gasteiger partial charge in [0.2, 0.25) is 0 Å². The number of carbonyl (C=O) groups excluding carboxylic acids is 1. The molecule has 4 nitrogen and oxygen atoms in total. The molecule has 0 heterocycles. The highest BCUT2D eigenvalue weighted by Gasteiger charge is 2.05. The maximum absolute atomic E-state index is 11.4. The summed E-state index contributed by atoms with van der Waals surface area (Å²) in [7, 11) is 1.29. The maximum Gasteiger partial charge on any atom is 0.337 e. The van der Waals surface area contributed by atoms with Crippen molar-refractivity contribution in [1.82, 2.24) is 0 Å². The Morgan fingerprint density at radius 3 is 2.37 bits per heavy atom. The molecule has 0 rings (SSSR count).